The van der Waals surface area contributed by atoms with Crippen molar-refractivity contribution in [3.63, 3.8) is 0 Å². The molecule has 1 nitrogen and oxygen atoms in total. The molecule has 0 rings (SSSR count). The second-order valence-electron chi connectivity index (χ2n) is 3.18. The van der Waals surface area contributed by atoms with E-state index in [2.05, 4.69) is 20.4 Å². The molecule has 0 saturated heterocycles. The number of unbranched alkanes of at least 4 members (excludes halogenated alkanes) is 2. The topological polar surface area (TPSA) is 20.2 Å². The normalized spacial score (nSPS) is 11.0. The lowest BCUT2D eigenvalue weighted by molar-refractivity contribution is 0.544. The molecule has 0 aromatic heterocycles. The summed E-state index contributed by atoms with van der Waals surface area (Å²) in [5.41, 5.74) is 0.503. The third-order valence-corrected chi connectivity index (χ3v) is 3.96. The van der Waals surface area contributed by atoms with Crippen LogP contribution in [0.25, 0.3) is 0 Å². The Labute approximate surface area is 71.9 Å². The first-order chi connectivity index (χ1) is 5.18. The fourth-order valence-electron chi connectivity index (χ4n) is 0.883. The monoisotopic (exact) mass is 171 g/mol. The van der Waals surface area contributed by atoms with Crippen LogP contribution < -0.4 is 0 Å². The van der Waals surface area contributed by atoms with Crippen molar-refractivity contribution in [3.05, 3.63) is 12.7 Å². The quantitative estimate of drug-likeness (QED) is 0.370. The van der Waals surface area contributed by atoms with Crippen LogP contribution in [0.15, 0.2) is 12.7 Å². The Hall–Kier alpha value is -0.0831. The van der Waals surface area contributed by atoms with Crippen LogP contribution in [0.2, 0.25) is 11.6 Å². The van der Waals surface area contributed by atoms with E-state index in [4.69, 9.17) is 0 Å². The van der Waals surface area contributed by atoms with Gasteiger partial charge < -0.3 is 4.80 Å². The summed E-state index contributed by atoms with van der Waals surface area (Å²) in [5.74, 6) is 0. The molecule has 0 fully saturated rings. The van der Waals surface area contributed by atoms with Gasteiger partial charge in [0.25, 0.3) is 0 Å². The van der Waals surface area contributed by atoms with Crippen molar-refractivity contribution < 1.29 is 4.80 Å². The zero-order valence-corrected chi connectivity index (χ0v) is 8.64. The maximum atomic E-state index is 9.50. The van der Waals surface area contributed by atoms with Gasteiger partial charge in [-0.1, -0.05) is 32.8 Å². The van der Waals surface area contributed by atoms with Gasteiger partial charge in [-0.2, -0.15) is 0 Å². The van der Waals surface area contributed by atoms with Crippen molar-refractivity contribution in [1.29, 1.82) is 0 Å². The van der Waals surface area contributed by atoms with Crippen molar-refractivity contribution in [3.8, 4) is 0 Å². The molecular weight excluding hydrogens is 152 g/mol. The molecular formula is C9H19OSi. The van der Waals surface area contributed by atoms with Gasteiger partial charge in [0.1, 0.15) is 0 Å². The third-order valence-electron chi connectivity index (χ3n) is 1.76. The second kappa shape index (κ2) is 6.62. The molecule has 0 aliphatic carbocycles. The Morgan fingerprint density at radius 1 is 1.45 bits per heavy atom. The maximum Gasteiger partial charge on any atom is 0.209 e. The number of hydrogen-bond donors (Lipinski definition) is 1. The van der Waals surface area contributed by atoms with Gasteiger partial charge in [0.2, 0.25) is 9.04 Å². The minimum Gasteiger partial charge on any atom is -0.431 e. The van der Waals surface area contributed by atoms with Crippen molar-refractivity contribution in [2.45, 2.75) is 44.7 Å². The molecule has 0 amide bonds. The predicted octanol–water partition coefficient (Wildman–Crippen LogP) is 2.74. The van der Waals surface area contributed by atoms with E-state index in [0.717, 1.165) is 18.9 Å². The number of rotatable bonds is 6. The lowest BCUT2D eigenvalue weighted by Gasteiger charge is -2.09. The highest BCUT2D eigenvalue weighted by Gasteiger charge is 2.11. The van der Waals surface area contributed by atoms with Crippen LogP contribution in [0.5, 0.6) is 0 Å². The minimum absolute atomic E-state index is 0.503. The van der Waals surface area contributed by atoms with E-state index in [0.29, 0.717) is 5.54 Å². The van der Waals surface area contributed by atoms with Crippen LogP contribution in [-0.2, 0) is 0 Å². The Bertz CT molecular complexity index is 102. The predicted molar refractivity (Wildman–Crippen MR) is 51.9 cm³/mol. The van der Waals surface area contributed by atoms with Crippen LogP contribution in [0.1, 0.15) is 33.1 Å². The fourth-order valence-corrected chi connectivity index (χ4v) is 2.07. The van der Waals surface area contributed by atoms with E-state index < -0.39 is 9.04 Å². The third kappa shape index (κ3) is 6.32. The lowest BCUT2D eigenvalue weighted by atomic mass is 10.2. The van der Waals surface area contributed by atoms with Gasteiger partial charge in [0.15, 0.2) is 0 Å². The summed E-state index contributed by atoms with van der Waals surface area (Å²) in [6, 6.07) is 1.04. The van der Waals surface area contributed by atoms with Crippen LogP contribution in [0, 0.1) is 0 Å². The summed E-state index contributed by atoms with van der Waals surface area (Å²) >= 11 is 0. The number of hydrogen-bond acceptors (Lipinski definition) is 1. The van der Waals surface area contributed by atoms with Gasteiger partial charge in [-0.05, 0) is 18.0 Å². The highest BCUT2D eigenvalue weighted by Crippen LogP contribution is 2.12. The highest BCUT2D eigenvalue weighted by molar-refractivity contribution is 6.51. The van der Waals surface area contributed by atoms with E-state index in [1.807, 2.05) is 6.08 Å². The summed E-state index contributed by atoms with van der Waals surface area (Å²) in [7, 11) is -1.02. The van der Waals surface area contributed by atoms with Gasteiger partial charge in [-0.25, -0.2) is 0 Å². The highest BCUT2D eigenvalue weighted by atomic mass is 28.3. The maximum absolute atomic E-state index is 9.50. The Morgan fingerprint density at radius 2 is 2.09 bits per heavy atom. The zero-order chi connectivity index (χ0) is 8.69. The molecule has 0 bridgehead atoms. The van der Waals surface area contributed by atoms with Gasteiger partial charge >= 0.3 is 0 Å². The van der Waals surface area contributed by atoms with Gasteiger partial charge in [-0.15, -0.1) is 6.58 Å². The van der Waals surface area contributed by atoms with Crippen LogP contribution in [-0.4, -0.2) is 13.8 Å². The lowest BCUT2D eigenvalue weighted by Crippen LogP contribution is -2.15. The molecule has 0 aliphatic heterocycles. The first-order valence-electron chi connectivity index (χ1n) is 4.34. The Balaban J connectivity index is 3.17. The Morgan fingerprint density at radius 3 is 2.55 bits per heavy atom. The number of allylic oxidation sites excluding steroid dienone is 1. The summed E-state index contributed by atoms with van der Waals surface area (Å²) in [4.78, 5) is 9.50. The second-order valence-corrected chi connectivity index (χ2v) is 5.82. The molecule has 0 unspecified atom stereocenters. The van der Waals surface area contributed by atoms with Gasteiger partial charge in [0, 0.05) is 0 Å². The smallest absolute Gasteiger partial charge is 0.209 e. The van der Waals surface area contributed by atoms with Gasteiger partial charge in [0.05, 0.1) is 0 Å². The summed E-state index contributed by atoms with van der Waals surface area (Å²) in [6.45, 7) is 7.86. The summed E-state index contributed by atoms with van der Waals surface area (Å²) < 4.78 is 0. The fraction of sp³-hybridized carbons (Fsp3) is 0.778. The molecule has 0 spiro atoms. The summed E-state index contributed by atoms with van der Waals surface area (Å²) in [5, 5.41) is 0. The Kier molecular flexibility index (Phi) is 6.57. The molecule has 1 radical (unpaired) electrons. The SMILES string of the molecule is C=CCCCC[Si](O)C(C)C. The van der Waals surface area contributed by atoms with E-state index in [1.165, 1.54) is 6.42 Å². The first-order valence-corrected chi connectivity index (χ1v) is 6.07. The molecule has 2 heteroatoms. The summed E-state index contributed by atoms with van der Waals surface area (Å²) in [6.07, 6.45) is 5.38. The minimum atomic E-state index is -1.02. The van der Waals surface area contributed by atoms with Crippen LogP contribution >= 0.6 is 0 Å². The molecule has 0 atom stereocenters. The molecule has 1 N–H and O–H groups in total. The zero-order valence-electron chi connectivity index (χ0n) is 7.64. The van der Waals surface area contributed by atoms with Crippen LogP contribution in [0.4, 0.5) is 0 Å². The van der Waals surface area contributed by atoms with Crippen molar-refractivity contribution in [2.75, 3.05) is 0 Å². The first kappa shape index (κ1) is 10.9. The van der Waals surface area contributed by atoms with Crippen LogP contribution in [0.3, 0.4) is 0 Å². The average molecular weight is 171 g/mol. The molecule has 0 aliphatic rings. The molecule has 0 aromatic rings. The molecule has 0 aromatic carbocycles. The molecule has 0 saturated carbocycles. The van der Waals surface area contributed by atoms with Crippen molar-refractivity contribution in [1.82, 2.24) is 0 Å². The van der Waals surface area contributed by atoms with E-state index in [9.17, 15) is 4.80 Å². The van der Waals surface area contributed by atoms with Crippen molar-refractivity contribution >= 4 is 9.04 Å². The standard InChI is InChI=1S/C9H19OSi/c1-4-5-6-7-8-11(10)9(2)3/h4,9-10H,1,5-8H2,2-3H3. The van der Waals surface area contributed by atoms with E-state index in [-0.39, 0.29) is 0 Å². The molecule has 11 heavy (non-hydrogen) atoms. The molecule has 65 valence electrons. The van der Waals surface area contributed by atoms with Gasteiger partial charge in [-0.3, -0.25) is 0 Å². The average Bonchev–Trinajstić information content (AvgIpc) is 1.97. The largest absolute Gasteiger partial charge is 0.431 e. The van der Waals surface area contributed by atoms with E-state index in [1.54, 1.807) is 0 Å². The van der Waals surface area contributed by atoms with Crippen molar-refractivity contribution in [2.24, 2.45) is 0 Å². The van der Waals surface area contributed by atoms with E-state index >= 15 is 0 Å². The molecule has 0 heterocycles.